The highest BCUT2D eigenvalue weighted by molar-refractivity contribution is 5.45. The predicted molar refractivity (Wildman–Crippen MR) is 122 cm³/mol. The first-order valence-corrected chi connectivity index (χ1v) is 9.54. The molecule has 0 aliphatic carbocycles. The van der Waals surface area contributed by atoms with Crippen molar-refractivity contribution in [2.45, 2.75) is 19.9 Å². The maximum Gasteiger partial charge on any atom is 0.161 e. The lowest BCUT2D eigenvalue weighted by Crippen LogP contribution is -2.23. The van der Waals surface area contributed by atoms with Crippen LogP contribution in [0.3, 0.4) is 0 Å². The van der Waals surface area contributed by atoms with E-state index in [1.807, 2.05) is 51.2 Å². The summed E-state index contributed by atoms with van der Waals surface area (Å²) in [7, 11) is 6.93. The number of rotatable bonds is 7. The minimum atomic E-state index is 0.140. The third kappa shape index (κ3) is 9.34. The maximum atomic E-state index is 5.35. The van der Waals surface area contributed by atoms with Gasteiger partial charge in [0, 0.05) is 25.5 Å². The van der Waals surface area contributed by atoms with Gasteiger partial charge in [-0.2, -0.15) is 0 Å². The van der Waals surface area contributed by atoms with Crippen LogP contribution in [0, 0.1) is 0 Å². The Balaban J connectivity index is 0.000000664. The lowest BCUT2D eigenvalue weighted by Gasteiger charge is -2.18. The van der Waals surface area contributed by atoms with Gasteiger partial charge in [0.15, 0.2) is 11.5 Å². The fourth-order valence-electron chi connectivity index (χ4n) is 2.52. The molecule has 0 radical (unpaired) electrons. The second-order valence-corrected chi connectivity index (χ2v) is 5.82. The molecule has 2 aromatic carbocycles. The molecule has 162 valence electrons. The van der Waals surface area contributed by atoms with Gasteiger partial charge in [0.05, 0.1) is 20.3 Å². The second-order valence-electron chi connectivity index (χ2n) is 5.82. The number of benzene rings is 2. The van der Waals surface area contributed by atoms with E-state index in [9.17, 15) is 0 Å². The van der Waals surface area contributed by atoms with Crippen LogP contribution in [0.2, 0.25) is 0 Å². The van der Waals surface area contributed by atoms with Gasteiger partial charge in [-0.1, -0.05) is 50.2 Å². The van der Waals surface area contributed by atoms with E-state index in [0.29, 0.717) is 12.2 Å². The van der Waals surface area contributed by atoms with Gasteiger partial charge in [-0.25, -0.2) is 5.84 Å². The monoisotopic (exact) mass is 403 g/mol. The van der Waals surface area contributed by atoms with Gasteiger partial charge in [0.2, 0.25) is 0 Å². The summed E-state index contributed by atoms with van der Waals surface area (Å²) in [5, 5.41) is 4.69. The van der Waals surface area contributed by atoms with Crippen LogP contribution >= 0.6 is 0 Å². The van der Waals surface area contributed by atoms with Crippen LogP contribution in [0.1, 0.15) is 31.0 Å². The average Bonchev–Trinajstić information content (AvgIpc) is 2.76. The van der Waals surface area contributed by atoms with Crippen molar-refractivity contribution in [3.05, 3.63) is 71.6 Å². The summed E-state index contributed by atoms with van der Waals surface area (Å²) in [6.45, 7) is 4.35. The Morgan fingerprint density at radius 3 is 2.03 bits per heavy atom. The van der Waals surface area contributed by atoms with E-state index >= 15 is 0 Å². The summed E-state index contributed by atoms with van der Waals surface area (Å²) < 4.78 is 10.6. The normalized spacial score (nSPS) is 11.2. The molecular weight excluding hydrogens is 366 g/mol. The van der Waals surface area contributed by atoms with Crippen LogP contribution < -0.4 is 32.1 Å². The highest BCUT2D eigenvalue weighted by Crippen LogP contribution is 2.31. The average molecular weight is 404 g/mol. The molecule has 1 atom stereocenters. The van der Waals surface area contributed by atoms with Crippen molar-refractivity contribution >= 4 is 0 Å². The number of ether oxygens (including phenoxy) is 2. The van der Waals surface area contributed by atoms with Gasteiger partial charge in [0.1, 0.15) is 0 Å². The molecule has 2 rings (SSSR count). The minimum absolute atomic E-state index is 0.140. The van der Waals surface area contributed by atoms with Crippen molar-refractivity contribution in [1.29, 1.82) is 0 Å². The zero-order valence-corrected chi connectivity index (χ0v) is 18.5. The van der Waals surface area contributed by atoms with Crippen LogP contribution in [0.5, 0.6) is 11.5 Å². The molecular formula is C22H37N5O2. The summed E-state index contributed by atoms with van der Waals surface area (Å²) in [6.07, 6.45) is 1.57. The third-order valence-electron chi connectivity index (χ3n) is 3.77. The highest BCUT2D eigenvalue weighted by atomic mass is 16.5. The lowest BCUT2D eigenvalue weighted by molar-refractivity contribution is 0.354. The second kappa shape index (κ2) is 15.2. The lowest BCUT2D eigenvalue weighted by atomic mass is 9.98. The largest absolute Gasteiger partial charge is 0.493 e. The molecule has 0 aromatic heterocycles. The number of hydrazine groups is 1. The Bertz CT molecular complexity index is 706. The van der Waals surface area contributed by atoms with Crippen LogP contribution in [0.15, 0.2) is 60.4 Å². The molecule has 7 nitrogen and oxygen atoms in total. The van der Waals surface area contributed by atoms with E-state index in [-0.39, 0.29) is 6.04 Å². The Kier molecular flexibility index (Phi) is 13.8. The number of hydrogen-bond donors (Lipinski definition) is 4. The maximum absolute atomic E-state index is 5.35. The van der Waals surface area contributed by atoms with Gasteiger partial charge in [0.25, 0.3) is 0 Å². The Morgan fingerprint density at radius 2 is 1.62 bits per heavy atom. The van der Waals surface area contributed by atoms with E-state index < -0.39 is 0 Å². The van der Waals surface area contributed by atoms with Crippen molar-refractivity contribution in [2.75, 3.05) is 34.9 Å². The predicted octanol–water partition coefficient (Wildman–Crippen LogP) is 2.59. The summed E-state index contributed by atoms with van der Waals surface area (Å²) in [4.78, 5) is 0. The van der Waals surface area contributed by atoms with Crippen molar-refractivity contribution in [3.8, 4) is 11.5 Å². The van der Waals surface area contributed by atoms with E-state index in [1.54, 1.807) is 27.5 Å². The first kappa shape index (κ1) is 26.3. The summed E-state index contributed by atoms with van der Waals surface area (Å²) in [5.74, 6) is 6.68. The van der Waals surface area contributed by atoms with E-state index in [0.717, 1.165) is 17.1 Å². The number of methoxy groups -OCH3 is 2. The number of nitrogens with one attached hydrogen (secondary N) is 1. The van der Waals surface area contributed by atoms with Crippen LogP contribution in [0.4, 0.5) is 0 Å². The van der Waals surface area contributed by atoms with Crippen LogP contribution in [0.25, 0.3) is 0 Å². The van der Waals surface area contributed by atoms with E-state index in [2.05, 4.69) is 23.5 Å². The third-order valence-corrected chi connectivity index (χ3v) is 3.77. The van der Waals surface area contributed by atoms with Gasteiger partial charge in [-0.15, -0.1) is 0 Å². The van der Waals surface area contributed by atoms with Crippen molar-refractivity contribution in [2.24, 2.45) is 17.3 Å². The zero-order chi connectivity index (χ0) is 22.2. The summed E-state index contributed by atoms with van der Waals surface area (Å²) >= 11 is 0. The first-order valence-electron chi connectivity index (χ1n) is 9.54. The number of hydrogen-bond acceptors (Lipinski definition) is 7. The van der Waals surface area contributed by atoms with Gasteiger partial charge in [-0.3, -0.25) is 0 Å². The molecule has 7 heteroatoms. The Morgan fingerprint density at radius 1 is 1.03 bits per heavy atom. The molecule has 0 fully saturated rings. The van der Waals surface area contributed by atoms with Crippen molar-refractivity contribution in [1.82, 2.24) is 10.3 Å². The van der Waals surface area contributed by atoms with Crippen LogP contribution in [-0.4, -0.2) is 39.9 Å². The molecule has 0 heterocycles. The molecule has 29 heavy (non-hydrogen) atoms. The topological polar surface area (TPSA) is 112 Å². The quantitative estimate of drug-likeness (QED) is 0.415. The van der Waals surface area contributed by atoms with Gasteiger partial charge in [-0.05, 0) is 30.3 Å². The number of nitrogens with zero attached hydrogens (tertiary/aromatic N) is 1. The fraction of sp³-hybridized carbons (Fsp3) is 0.364. The standard InChI is InChI=1S/C16H19NO2.C4H12N4.C2H6/c1-17-16(12-7-5-4-6-8-12)13-9-10-14(18-2)15(11-13)19-3;1-8(7)3-4(6)2-5;1-2/h4-11,16-17H,1-3H3;3H,2,5-7H2,1H3;1-2H3/b;4-3-;. The minimum Gasteiger partial charge on any atom is -0.493 e. The van der Waals surface area contributed by atoms with Gasteiger partial charge < -0.3 is 31.3 Å². The molecule has 2 aromatic rings. The molecule has 7 N–H and O–H groups in total. The zero-order valence-electron chi connectivity index (χ0n) is 18.5. The summed E-state index contributed by atoms with van der Waals surface area (Å²) in [5.41, 5.74) is 13.4. The Hall–Kier alpha value is -2.74. The highest BCUT2D eigenvalue weighted by Gasteiger charge is 2.14. The van der Waals surface area contributed by atoms with Gasteiger partial charge >= 0.3 is 0 Å². The molecule has 0 spiro atoms. The Labute approximate surface area is 175 Å². The molecule has 0 saturated carbocycles. The van der Waals surface area contributed by atoms with E-state index in [4.69, 9.17) is 26.8 Å². The molecule has 0 amide bonds. The molecule has 1 unspecified atom stereocenters. The number of nitrogens with two attached hydrogens (primary N) is 3. The molecule has 0 aliphatic heterocycles. The van der Waals surface area contributed by atoms with Crippen molar-refractivity contribution in [3.63, 3.8) is 0 Å². The summed E-state index contributed by atoms with van der Waals surface area (Å²) in [6, 6.07) is 16.5. The SMILES string of the molecule is CC.CN(N)/C=C(\N)CN.CNC(c1ccccc1)c1ccc(OC)c(OC)c1. The van der Waals surface area contributed by atoms with Crippen molar-refractivity contribution < 1.29 is 9.47 Å². The van der Waals surface area contributed by atoms with E-state index in [1.165, 1.54) is 10.6 Å². The molecule has 0 bridgehead atoms. The van der Waals surface area contributed by atoms with Crippen LogP contribution in [-0.2, 0) is 0 Å². The fourth-order valence-corrected chi connectivity index (χ4v) is 2.52. The molecule has 0 aliphatic rings. The first-order chi connectivity index (χ1) is 14.0. The smallest absolute Gasteiger partial charge is 0.161 e. The molecule has 0 saturated heterocycles.